The summed E-state index contributed by atoms with van der Waals surface area (Å²) < 4.78 is 10.6. The van der Waals surface area contributed by atoms with Crippen LogP contribution in [0.1, 0.15) is 28.0 Å². The molecule has 27 heavy (non-hydrogen) atoms. The third kappa shape index (κ3) is 3.51. The van der Waals surface area contributed by atoms with Gasteiger partial charge >= 0.3 is 5.97 Å². The number of carbonyl (C=O) groups is 2. The van der Waals surface area contributed by atoms with Gasteiger partial charge in [-0.25, -0.2) is 4.79 Å². The van der Waals surface area contributed by atoms with Crippen molar-refractivity contribution in [3.63, 3.8) is 0 Å². The van der Waals surface area contributed by atoms with Crippen LogP contribution in [0.15, 0.2) is 18.2 Å². The van der Waals surface area contributed by atoms with Crippen LogP contribution in [-0.2, 0) is 33.6 Å². The molecule has 1 aliphatic carbocycles. The number of hydrogen-bond acceptors (Lipinski definition) is 6. The second kappa shape index (κ2) is 7.22. The number of halogens is 1. The number of amides is 1. The number of nitriles is 1. The molecule has 1 aliphatic heterocycles. The second-order valence-corrected chi connectivity index (χ2v) is 7.93. The van der Waals surface area contributed by atoms with Crippen LogP contribution in [0, 0.1) is 11.3 Å². The number of benzene rings is 1. The van der Waals surface area contributed by atoms with E-state index in [9.17, 15) is 14.9 Å². The number of ether oxygens (including phenoxy) is 2. The van der Waals surface area contributed by atoms with Gasteiger partial charge in [0.2, 0.25) is 0 Å². The van der Waals surface area contributed by atoms with E-state index in [2.05, 4.69) is 11.4 Å². The molecular formula is C19H15ClN2O4S. The zero-order chi connectivity index (χ0) is 19.0. The maximum atomic E-state index is 12.2. The van der Waals surface area contributed by atoms with E-state index in [0.29, 0.717) is 27.8 Å². The van der Waals surface area contributed by atoms with Crippen LogP contribution < -0.4 is 10.1 Å². The average Bonchev–Trinajstić information content (AvgIpc) is 3.33. The minimum Gasteiger partial charge on any atom is -0.478 e. The van der Waals surface area contributed by atoms with Gasteiger partial charge < -0.3 is 14.8 Å². The minimum atomic E-state index is -0.786. The smallest absolute Gasteiger partial charge is 0.348 e. The largest absolute Gasteiger partial charge is 0.478 e. The van der Waals surface area contributed by atoms with Crippen LogP contribution in [0.25, 0.3) is 0 Å². The first-order valence-electron chi connectivity index (χ1n) is 8.51. The van der Waals surface area contributed by atoms with Gasteiger partial charge in [0.05, 0.1) is 5.56 Å². The molecule has 4 rings (SSSR count). The lowest BCUT2D eigenvalue weighted by Gasteiger charge is -2.10. The molecule has 0 fully saturated rings. The quantitative estimate of drug-likeness (QED) is 0.793. The van der Waals surface area contributed by atoms with Crippen LogP contribution >= 0.6 is 22.9 Å². The molecule has 1 amide bonds. The van der Waals surface area contributed by atoms with Gasteiger partial charge in [0.15, 0.2) is 12.7 Å². The van der Waals surface area contributed by atoms with E-state index in [1.165, 1.54) is 11.3 Å². The number of aryl methyl sites for hydroxylation is 1. The van der Waals surface area contributed by atoms with Crippen molar-refractivity contribution in [1.82, 2.24) is 0 Å². The lowest BCUT2D eigenvalue weighted by atomic mass is 10.1. The van der Waals surface area contributed by atoms with Crippen molar-refractivity contribution < 1.29 is 19.1 Å². The molecule has 138 valence electrons. The van der Waals surface area contributed by atoms with Gasteiger partial charge in [-0.1, -0.05) is 11.6 Å². The maximum absolute atomic E-state index is 12.2. The van der Waals surface area contributed by atoms with Crippen molar-refractivity contribution in [3.8, 4) is 11.8 Å². The number of rotatable bonds is 4. The van der Waals surface area contributed by atoms with Gasteiger partial charge in [-0.15, -0.1) is 11.3 Å². The van der Waals surface area contributed by atoms with Crippen LogP contribution in [0.3, 0.4) is 0 Å². The normalized spacial score (nSPS) is 16.8. The highest BCUT2D eigenvalue weighted by molar-refractivity contribution is 7.16. The van der Waals surface area contributed by atoms with Gasteiger partial charge in [-0.3, -0.25) is 4.79 Å². The maximum Gasteiger partial charge on any atom is 0.348 e. The number of thiophene rings is 1. The summed E-state index contributed by atoms with van der Waals surface area (Å²) in [6.45, 7) is -0.427. The Bertz CT molecular complexity index is 979. The van der Waals surface area contributed by atoms with Crippen molar-refractivity contribution in [2.24, 2.45) is 0 Å². The molecule has 0 saturated carbocycles. The SMILES string of the molecule is N#Cc1c(NC(=O)COC(=O)C2Cc3cc(Cl)ccc3O2)sc2c1CCC2. The fraction of sp³-hybridized carbons (Fsp3) is 0.316. The molecule has 8 heteroatoms. The first-order chi connectivity index (χ1) is 13.0. The topological polar surface area (TPSA) is 88.4 Å². The summed E-state index contributed by atoms with van der Waals surface area (Å²) in [5, 5.41) is 13.1. The van der Waals surface area contributed by atoms with Crippen molar-refractivity contribution in [3.05, 3.63) is 44.8 Å². The summed E-state index contributed by atoms with van der Waals surface area (Å²) in [6, 6.07) is 7.30. The first-order valence-corrected chi connectivity index (χ1v) is 9.71. The number of fused-ring (bicyclic) bond motifs is 2. The number of esters is 1. The molecule has 2 aromatic rings. The predicted octanol–water partition coefficient (Wildman–Crippen LogP) is 3.25. The van der Waals surface area contributed by atoms with E-state index >= 15 is 0 Å². The Labute approximate surface area is 164 Å². The minimum absolute atomic E-state index is 0.354. The predicted molar refractivity (Wildman–Crippen MR) is 100 cm³/mol. The Kier molecular flexibility index (Phi) is 4.77. The highest BCUT2D eigenvalue weighted by Crippen LogP contribution is 2.38. The highest BCUT2D eigenvalue weighted by atomic mass is 35.5. The van der Waals surface area contributed by atoms with Gasteiger partial charge in [0.25, 0.3) is 5.91 Å². The van der Waals surface area contributed by atoms with Crippen molar-refractivity contribution in [2.75, 3.05) is 11.9 Å². The summed E-state index contributed by atoms with van der Waals surface area (Å²) in [7, 11) is 0. The first kappa shape index (κ1) is 17.8. The standard InChI is InChI=1S/C19H15ClN2O4S/c20-11-4-5-14-10(6-11)7-15(26-14)19(24)25-9-17(23)22-18-13(8-21)12-2-1-3-16(12)27-18/h4-6,15H,1-3,7,9H2,(H,22,23). The van der Waals surface area contributed by atoms with Gasteiger partial charge in [-0.2, -0.15) is 5.26 Å². The van der Waals surface area contributed by atoms with Gasteiger partial charge in [0.1, 0.15) is 16.8 Å². The zero-order valence-electron chi connectivity index (χ0n) is 14.2. The Morgan fingerprint density at radius 2 is 2.26 bits per heavy atom. The van der Waals surface area contributed by atoms with Crippen molar-refractivity contribution >= 4 is 39.8 Å². The Morgan fingerprint density at radius 3 is 3.07 bits per heavy atom. The number of anilines is 1. The molecule has 1 unspecified atom stereocenters. The molecule has 0 saturated heterocycles. The molecule has 1 aromatic heterocycles. The van der Waals surface area contributed by atoms with Crippen molar-refractivity contribution in [2.45, 2.75) is 31.8 Å². The summed E-state index contributed by atoms with van der Waals surface area (Å²) in [6.07, 6.45) is 2.40. The molecular weight excluding hydrogens is 388 g/mol. The number of nitrogens with one attached hydrogen (secondary N) is 1. The molecule has 1 aromatic carbocycles. The van der Waals surface area contributed by atoms with E-state index in [1.807, 2.05) is 0 Å². The lowest BCUT2D eigenvalue weighted by molar-refractivity contribution is -0.153. The second-order valence-electron chi connectivity index (χ2n) is 6.39. The van der Waals surface area contributed by atoms with E-state index in [-0.39, 0.29) is 0 Å². The lowest BCUT2D eigenvalue weighted by Crippen LogP contribution is -2.30. The van der Waals surface area contributed by atoms with Crippen LogP contribution in [0.2, 0.25) is 5.02 Å². The van der Waals surface area contributed by atoms with E-state index < -0.39 is 24.6 Å². The third-order valence-corrected chi connectivity index (χ3v) is 6.03. The Hall–Kier alpha value is -2.56. The van der Waals surface area contributed by atoms with Crippen LogP contribution in [0.5, 0.6) is 5.75 Å². The fourth-order valence-corrected chi connectivity index (χ4v) is 4.80. The van der Waals surface area contributed by atoms with E-state index in [4.69, 9.17) is 21.1 Å². The molecule has 0 bridgehead atoms. The summed E-state index contributed by atoms with van der Waals surface area (Å²) in [5.74, 6) is -0.484. The monoisotopic (exact) mass is 402 g/mol. The summed E-state index contributed by atoms with van der Waals surface area (Å²) >= 11 is 7.36. The van der Waals surface area contributed by atoms with Crippen molar-refractivity contribution in [1.29, 1.82) is 5.26 Å². The molecule has 2 aliphatic rings. The zero-order valence-corrected chi connectivity index (χ0v) is 15.8. The molecule has 2 heterocycles. The fourth-order valence-electron chi connectivity index (χ4n) is 3.35. The molecule has 0 radical (unpaired) electrons. The van der Waals surface area contributed by atoms with E-state index in [1.54, 1.807) is 18.2 Å². The number of nitrogens with zero attached hydrogens (tertiary/aromatic N) is 1. The molecule has 1 atom stereocenters. The molecule has 6 nitrogen and oxygen atoms in total. The summed E-state index contributed by atoms with van der Waals surface area (Å²) in [5.41, 5.74) is 2.39. The van der Waals surface area contributed by atoms with Gasteiger partial charge in [0, 0.05) is 16.3 Å². The average molecular weight is 403 g/mol. The van der Waals surface area contributed by atoms with Crippen LogP contribution in [-0.4, -0.2) is 24.6 Å². The molecule has 1 N–H and O–H groups in total. The Balaban J connectivity index is 1.33. The number of carbonyl (C=O) groups excluding carboxylic acids is 2. The van der Waals surface area contributed by atoms with E-state index in [0.717, 1.165) is 35.3 Å². The Morgan fingerprint density at radius 1 is 1.41 bits per heavy atom. The van der Waals surface area contributed by atoms with Crippen LogP contribution in [0.4, 0.5) is 5.00 Å². The number of hydrogen-bond donors (Lipinski definition) is 1. The molecule has 0 spiro atoms. The third-order valence-electron chi connectivity index (χ3n) is 4.59. The van der Waals surface area contributed by atoms with Gasteiger partial charge in [-0.05, 0) is 48.6 Å². The summed E-state index contributed by atoms with van der Waals surface area (Å²) in [4.78, 5) is 25.5. The highest BCUT2D eigenvalue weighted by Gasteiger charge is 2.31.